The first-order chi connectivity index (χ1) is 14.6. The Labute approximate surface area is 185 Å². The second kappa shape index (κ2) is 9.90. The fourth-order valence-electron chi connectivity index (χ4n) is 4.21. The highest BCUT2D eigenvalue weighted by molar-refractivity contribution is 7.85. The largest absolute Gasteiger partial charge is 0.300 e. The predicted molar refractivity (Wildman–Crippen MR) is 128 cm³/mol. The number of nitrogens with zero attached hydrogens (tertiary/aromatic N) is 2. The van der Waals surface area contributed by atoms with Crippen molar-refractivity contribution in [2.45, 2.75) is 46.1 Å². The Morgan fingerprint density at radius 2 is 1.74 bits per heavy atom. The predicted octanol–water partition coefficient (Wildman–Crippen LogP) is 5.05. The molecule has 4 rings (SSSR count). The maximum Gasteiger partial charge on any atom is 0.261 e. The van der Waals surface area contributed by atoms with Gasteiger partial charge in [0.15, 0.2) is 0 Å². The maximum atomic E-state index is 9.19. The summed E-state index contributed by atoms with van der Waals surface area (Å²) in [6.07, 6.45) is 4.57. The zero-order chi connectivity index (χ0) is 22.6. The monoisotopic (exact) mass is 440 g/mol. The van der Waals surface area contributed by atoms with E-state index in [0.29, 0.717) is 6.26 Å². The SMILES string of the molecule is CS(=O)(=O)O.Cc1ccc(-c2ccc3cc(CCN4CCC[C@H]4C)ccc3c2)c(C)n1. The van der Waals surface area contributed by atoms with Gasteiger partial charge >= 0.3 is 0 Å². The van der Waals surface area contributed by atoms with Crippen LogP contribution in [-0.4, -0.2) is 48.2 Å². The number of benzene rings is 2. The minimum Gasteiger partial charge on any atom is -0.300 e. The Kier molecular flexibility index (Phi) is 7.46. The maximum absolute atomic E-state index is 9.19. The molecule has 1 N–H and O–H groups in total. The summed E-state index contributed by atoms with van der Waals surface area (Å²) >= 11 is 0. The molecule has 1 saturated heterocycles. The topological polar surface area (TPSA) is 70.5 Å². The number of pyridine rings is 1. The highest BCUT2D eigenvalue weighted by Gasteiger charge is 2.19. The van der Waals surface area contributed by atoms with Gasteiger partial charge in [0, 0.05) is 29.5 Å². The van der Waals surface area contributed by atoms with Crippen LogP contribution in [0.1, 0.15) is 36.7 Å². The Balaban J connectivity index is 0.000000491. The van der Waals surface area contributed by atoms with Crippen LogP contribution in [0.4, 0.5) is 0 Å². The van der Waals surface area contributed by atoms with Crippen LogP contribution in [0.2, 0.25) is 0 Å². The van der Waals surface area contributed by atoms with E-state index in [1.165, 1.54) is 53.4 Å². The second-order valence-corrected chi connectivity index (χ2v) is 9.96. The van der Waals surface area contributed by atoms with Gasteiger partial charge < -0.3 is 4.90 Å². The van der Waals surface area contributed by atoms with Crippen molar-refractivity contribution >= 4 is 20.9 Å². The third kappa shape index (κ3) is 6.86. The molecule has 31 heavy (non-hydrogen) atoms. The molecule has 2 heterocycles. The lowest BCUT2D eigenvalue weighted by Crippen LogP contribution is -2.28. The summed E-state index contributed by atoms with van der Waals surface area (Å²) in [5.41, 5.74) is 6.09. The number of aryl methyl sites for hydroxylation is 2. The lowest BCUT2D eigenvalue weighted by molar-refractivity contribution is 0.272. The van der Waals surface area contributed by atoms with Crippen LogP contribution in [0, 0.1) is 13.8 Å². The van der Waals surface area contributed by atoms with Gasteiger partial charge in [-0.15, -0.1) is 0 Å². The number of rotatable bonds is 4. The molecule has 0 radical (unpaired) electrons. The second-order valence-electron chi connectivity index (χ2n) is 8.49. The van der Waals surface area contributed by atoms with E-state index in [0.717, 1.165) is 23.9 Å². The van der Waals surface area contributed by atoms with Gasteiger partial charge in [0.05, 0.1) is 6.26 Å². The van der Waals surface area contributed by atoms with Gasteiger partial charge in [0.1, 0.15) is 0 Å². The molecule has 1 aliphatic heterocycles. The van der Waals surface area contributed by atoms with E-state index in [9.17, 15) is 8.42 Å². The minimum atomic E-state index is -3.67. The van der Waals surface area contributed by atoms with Crippen molar-refractivity contribution in [1.82, 2.24) is 9.88 Å². The number of fused-ring (bicyclic) bond motifs is 1. The first-order valence-electron chi connectivity index (χ1n) is 10.7. The molecule has 1 aromatic heterocycles. The number of hydrogen-bond acceptors (Lipinski definition) is 4. The fraction of sp³-hybridized carbons (Fsp3) is 0.400. The molecule has 0 amide bonds. The summed E-state index contributed by atoms with van der Waals surface area (Å²) < 4.78 is 25.9. The number of likely N-dealkylation sites (tertiary alicyclic amines) is 1. The smallest absolute Gasteiger partial charge is 0.261 e. The highest BCUT2D eigenvalue weighted by atomic mass is 32.2. The van der Waals surface area contributed by atoms with E-state index in [-0.39, 0.29) is 0 Å². The first kappa shape index (κ1) is 23.4. The molecule has 1 aliphatic rings. The van der Waals surface area contributed by atoms with E-state index in [4.69, 9.17) is 4.55 Å². The van der Waals surface area contributed by atoms with E-state index in [1.807, 2.05) is 6.92 Å². The van der Waals surface area contributed by atoms with E-state index in [2.05, 4.69) is 72.3 Å². The van der Waals surface area contributed by atoms with Crippen LogP contribution in [-0.2, 0) is 16.5 Å². The standard InChI is InChI=1S/C24H28N2.CH4O3S/c1-17-6-11-24(19(3)25-17)23-10-9-21-15-20(7-8-22(21)16-23)12-14-26-13-4-5-18(26)2;1-5(2,3)4/h6-11,15-16,18H,4-5,12-14H2,1-3H3;1H3,(H,2,3,4)/t18-;/m1./s1. The van der Waals surface area contributed by atoms with Crippen molar-refractivity contribution in [2.75, 3.05) is 19.3 Å². The zero-order valence-corrected chi connectivity index (χ0v) is 19.6. The summed E-state index contributed by atoms with van der Waals surface area (Å²) in [7, 11) is -3.67. The Morgan fingerprint density at radius 3 is 2.39 bits per heavy atom. The van der Waals surface area contributed by atoms with Crippen LogP contribution >= 0.6 is 0 Å². The van der Waals surface area contributed by atoms with Crippen molar-refractivity contribution in [1.29, 1.82) is 0 Å². The van der Waals surface area contributed by atoms with Gasteiger partial charge in [-0.2, -0.15) is 8.42 Å². The molecule has 0 saturated carbocycles. The average molecular weight is 441 g/mol. The van der Waals surface area contributed by atoms with Crippen LogP contribution < -0.4 is 0 Å². The van der Waals surface area contributed by atoms with Crippen molar-refractivity contribution in [3.05, 3.63) is 65.5 Å². The molecule has 6 heteroatoms. The van der Waals surface area contributed by atoms with E-state index in [1.54, 1.807) is 0 Å². The third-order valence-electron chi connectivity index (χ3n) is 5.82. The van der Waals surface area contributed by atoms with Crippen LogP contribution in [0.3, 0.4) is 0 Å². The Hall–Kier alpha value is -2.28. The summed E-state index contributed by atoms with van der Waals surface area (Å²) in [4.78, 5) is 7.23. The van der Waals surface area contributed by atoms with Crippen LogP contribution in [0.5, 0.6) is 0 Å². The summed E-state index contributed by atoms with van der Waals surface area (Å²) in [6, 6.07) is 18.7. The number of aromatic nitrogens is 1. The molecule has 3 aromatic rings. The van der Waals surface area contributed by atoms with E-state index < -0.39 is 10.1 Å². The lowest BCUT2D eigenvalue weighted by Gasteiger charge is -2.20. The molecule has 166 valence electrons. The summed E-state index contributed by atoms with van der Waals surface area (Å²) in [5, 5.41) is 2.64. The molecular weight excluding hydrogens is 408 g/mol. The first-order valence-corrected chi connectivity index (χ1v) is 12.6. The molecule has 0 unspecified atom stereocenters. The van der Waals surface area contributed by atoms with Gasteiger partial charge in [-0.1, -0.05) is 36.4 Å². The van der Waals surface area contributed by atoms with Crippen molar-refractivity contribution < 1.29 is 13.0 Å². The van der Waals surface area contributed by atoms with Gasteiger partial charge in [0.25, 0.3) is 10.1 Å². The Morgan fingerprint density at radius 1 is 1.06 bits per heavy atom. The van der Waals surface area contributed by atoms with Crippen LogP contribution in [0.25, 0.3) is 21.9 Å². The fourth-order valence-corrected chi connectivity index (χ4v) is 4.21. The van der Waals surface area contributed by atoms with Gasteiger partial charge in [-0.3, -0.25) is 9.54 Å². The molecule has 0 bridgehead atoms. The summed E-state index contributed by atoms with van der Waals surface area (Å²) in [6.45, 7) is 8.94. The molecule has 0 spiro atoms. The highest BCUT2D eigenvalue weighted by Crippen LogP contribution is 2.27. The third-order valence-corrected chi connectivity index (χ3v) is 5.82. The normalized spacial score (nSPS) is 16.9. The Bertz CT molecular complexity index is 1150. The molecule has 1 fully saturated rings. The van der Waals surface area contributed by atoms with E-state index >= 15 is 0 Å². The molecule has 1 atom stereocenters. The molecule has 5 nitrogen and oxygen atoms in total. The van der Waals surface area contributed by atoms with Crippen LogP contribution in [0.15, 0.2) is 48.5 Å². The minimum absolute atomic E-state index is 0.715. The average Bonchev–Trinajstić information content (AvgIpc) is 3.09. The van der Waals surface area contributed by atoms with Crippen molar-refractivity contribution in [3.8, 4) is 11.1 Å². The van der Waals surface area contributed by atoms with Crippen molar-refractivity contribution in [2.24, 2.45) is 0 Å². The van der Waals surface area contributed by atoms with Gasteiger partial charge in [-0.25, -0.2) is 0 Å². The molecular formula is C25H32N2O3S. The van der Waals surface area contributed by atoms with Gasteiger partial charge in [0.2, 0.25) is 0 Å². The van der Waals surface area contributed by atoms with Gasteiger partial charge in [-0.05, 0) is 80.6 Å². The zero-order valence-electron chi connectivity index (χ0n) is 18.8. The van der Waals surface area contributed by atoms with Crippen molar-refractivity contribution in [3.63, 3.8) is 0 Å². The molecule has 0 aliphatic carbocycles. The lowest BCUT2D eigenvalue weighted by atomic mass is 9.98. The summed E-state index contributed by atoms with van der Waals surface area (Å²) in [5.74, 6) is 0. The molecule has 2 aromatic carbocycles. The quantitative estimate of drug-likeness (QED) is 0.575. The number of hydrogen-bond donors (Lipinski definition) is 1.